The zero-order valence-electron chi connectivity index (χ0n) is 20.5. The van der Waals surface area contributed by atoms with Gasteiger partial charge >= 0.3 is 0 Å². The smallest absolute Gasteiger partial charge is 0.0648 e. The summed E-state index contributed by atoms with van der Waals surface area (Å²) in [6, 6.07) is 0.0189. The van der Waals surface area contributed by atoms with Crippen molar-refractivity contribution in [2.45, 2.75) is 112 Å². The first-order chi connectivity index (χ1) is 14.2. The number of oxime groups is 1. The second kappa shape index (κ2) is 9.48. The van der Waals surface area contributed by atoms with Crippen LogP contribution in [0.15, 0.2) is 5.16 Å². The highest BCUT2D eigenvalue weighted by Crippen LogP contribution is 2.66. The van der Waals surface area contributed by atoms with E-state index in [9.17, 15) is 10.4 Å². The SMILES string of the molecule is CCC[C@@]1(C)/C(=N/O)CC(NO)[C@H]2[C@@H]3CC[C@H]([C@H](C)CCCC(C)C)[C@@]3(C)CC[C@@H]21. The van der Waals surface area contributed by atoms with Gasteiger partial charge in [0.15, 0.2) is 0 Å². The molecule has 0 bridgehead atoms. The lowest BCUT2D eigenvalue weighted by Crippen LogP contribution is -2.60. The van der Waals surface area contributed by atoms with E-state index >= 15 is 0 Å². The van der Waals surface area contributed by atoms with Crippen molar-refractivity contribution in [3.8, 4) is 0 Å². The highest BCUT2D eigenvalue weighted by atomic mass is 16.5. The number of nitrogens with one attached hydrogen (secondary N) is 1. The maximum atomic E-state index is 10.1. The van der Waals surface area contributed by atoms with Crippen LogP contribution < -0.4 is 5.48 Å². The zero-order chi connectivity index (χ0) is 22.1. The van der Waals surface area contributed by atoms with Crippen LogP contribution >= 0.6 is 0 Å². The highest BCUT2D eigenvalue weighted by molar-refractivity contribution is 5.91. The molecule has 0 aromatic rings. The summed E-state index contributed by atoms with van der Waals surface area (Å²) in [6.45, 7) is 14.3. The van der Waals surface area contributed by atoms with Crippen molar-refractivity contribution in [1.29, 1.82) is 0 Å². The Morgan fingerprint density at radius 2 is 1.83 bits per heavy atom. The third kappa shape index (κ3) is 4.08. The quantitative estimate of drug-likeness (QED) is 0.296. The molecule has 0 heterocycles. The summed E-state index contributed by atoms with van der Waals surface area (Å²) < 4.78 is 0. The van der Waals surface area contributed by atoms with Crippen LogP contribution in [0.25, 0.3) is 0 Å². The predicted octanol–water partition coefficient (Wildman–Crippen LogP) is 6.90. The van der Waals surface area contributed by atoms with Gasteiger partial charge in [0.05, 0.1) is 5.71 Å². The molecule has 3 fully saturated rings. The topological polar surface area (TPSA) is 64.9 Å². The van der Waals surface area contributed by atoms with Crippen LogP contribution in [0.4, 0.5) is 0 Å². The van der Waals surface area contributed by atoms with Crippen LogP contribution in [0, 0.1) is 46.3 Å². The van der Waals surface area contributed by atoms with Gasteiger partial charge in [0, 0.05) is 17.9 Å². The summed E-state index contributed by atoms with van der Waals surface area (Å²) >= 11 is 0. The van der Waals surface area contributed by atoms with Crippen molar-refractivity contribution in [2.24, 2.45) is 51.5 Å². The Kier molecular flexibility index (Phi) is 7.60. The van der Waals surface area contributed by atoms with E-state index in [-0.39, 0.29) is 11.5 Å². The fourth-order valence-corrected chi connectivity index (χ4v) is 8.45. The van der Waals surface area contributed by atoms with Crippen molar-refractivity contribution in [3.05, 3.63) is 0 Å². The Morgan fingerprint density at radius 3 is 2.43 bits per heavy atom. The van der Waals surface area contributed by atoms with E-state index in [1.807, 2.05) is 0 Å². The van der Waals surface area contributed by atoms with Gasteiger partial charge in [-0.05, 0) is 73.0 Å². The van der Waals surface area contributed by atoms with E-state index in [1.54, 1.807) is 0 Å². The first kappa shape index (κ1) is 24.0. The molecule has 3 aliphatic rings. The van der Waals surface area contributed by atoms with Gasteiger partial charge in [-0.2, -0.15) is 0 Å². The summed E-state index contributed by atoms with van der Waals surface area (Å²) in [6.07, 6.45) is 12.0. The van der Waals surface area contributed by atoms with E-state index < -0.39 is 0 Å². The fourth-order valence-electron chi connectivity index (χ4n) is 8.45. The van der Waals surface area contributed by atoms with E-state index in [0.717, 1.165) is 36.3 Å². The lowest BCUT2D eigenvalue weighted by atomic mass is 9.46. The Bertz CT molecular complexity index is 606. The molecule has 0 aromatic heterocycles. The van der Waals surface area contributed by atoms with Crippen LogP contribution in [0.5, 0.6) is 0 Å². The fraction of sp³-hybridized carbons (Fsp3) is 0.962. The maximum absolute atomic E-state index is 10.1. The summed E-state index contributed by atoms with van der Waals surface area (Å²) in [5.74, 6) is 4.03. The molecular weight excluding hydrogens is 372 g/mol. The minimum absolute atomic E-state index is 0.0189. The van der Waals surface area contributed by atoms with E-state index in [1.165, 1.54) is 44.9 Å². The monoisotopic (exact) mass is 420 g/mol. The minimum Gasteiger partial charge on any atom is -0.411 e. The van der Waals surface area contributed by atoms with Gasteiger partial charge in [-0.25, -0.2) is 5.48 Å². The summed E-state index contributed by atoms with van der Waals surface area (Å²) in [4.78, 5) is 0. The van der Waals surface area contributed by atoms with Gasteiger partial charge in [-0.15, -0.1) is 0 Å². The number of hydrogen-bond acceptors (Lipinski definition) is 4. The molecule has 3 saturated carbocycles. The molecule has 1 unspecified atom stereocenters. The van der Waals surface area contributed by atoms with Gasteiger partial charge < -0.3 is 10.4 Å². The minimum atomic E-state index is -0.0379. The normalized spacial score (nSPS) is 43.6. The van der Waals surface area contributed by atoms with Crippen LogP contribution in [0.2, 0.25) is 0 Å². The molecule has 4 heteroatoms. The van der Waals surface area contributed by atoms with E-state index in [0.29, 0.717) is 29.6 Å². The molecule has 0 radical (unpaired) electrons. The second-order valence-corrected chi connectivity index (χ2v) is 12.0. The highest BCUT2D eigenvalue weighted by Gasteiger charge is 2.61. The summed E-state index contributed by atoms with van der Waals surface area (Å²) in [5, 5.41) is 23.7. The standard InChI is InChI=1S/C26H48N2O2/c1-7-14-26(6)21-13-15-25(5)19(18(4)10-8-9-17(2)3)11-12-20(25)24(21)22(27-29)16-23(26)28-30/h17-22,24,27,29-30H,7-16H2,1-6H3/b28-23+/t18-,19-,20+,21+,22?,24+,25-,26-/m1/s1. The molecular formula is C26H48N2O2. The summed E-state index contributed by atoms with van der Waals surface area (Å²) in [7, 11) is 0. The van der Waals surface area contributed by atoms with E-state index in [4.69, 9.17) is 0 Å². The molecule has 0 amide bonds. The molecule has 3 N–H and O–H groups in total. The van der Waals surface area contributed by atoms with Crippen LogP contribution in [-0.4, -0.2) is 22.2 Å². The number of hydroxylamine groups is 1. The van der Waals surface area contributed by atoms with Crippen LogP contribution in [-0.2, 0) is 0 Å². The molecule has 0 aromatic carbocycles. The number of rotatable bonds is 8. The molecule has 174 valence electrons. The molecule has 3 aliphatic carbocycles. The third-order valence-electron chi connectivity index (χ3n) is 9.95. The lowest BCUT2D eigenvalue weighted by Gasteiger charge is -2.59. The summed E-state index contributed by atoms with van der Waals surface area (Å²) in [5.41, 5.74) is 3.92. The maximum Gasteiger partial charge on any atom is 0.0648 e. The Balaban J connectivity index is 1.84. The lowest BCUT2D eigenvalue weighted by molar-refractivity contribution is -0.0779. The Morgan fingerprint density at radius 1 is 1.10 bits per heavy atom. The van der Waals surface area contributed by atoms with E-state index in [2.05, 4.69) is 52.2 Å². The Hall–Kier alpha value is -0.610. The van der Waals surface area contributed by atoms with Gasteiger partial charge in [-0.3, -0.25) is 0 Å². The van der Waals surface area contributed by atoms with Gasteiger partial charge in [-0.1, -0.05) is 72.4 Å². The molecule has 0 spiro atoms. The predicted molar refractivity (Wildman–Crippen MR) is 124 cm³/mol. The first-order valence-corrected chi connectivity index (χ1v) is 12.8. The van der Waals surface area contributed by atoms with Crippen LogP contribution in [0.1, 0.15) is 106 Å². The average Bonchev–Trinajstić information content (AvgIpc) is 3.05. The van der Waals surface area contributed by atoms with Crippen molar-refractivity contribution in [3.63, 3.8) is 0 Å². The number of nitrogens with zero attached hydrogens (tertiary/aromatic N) is 1. The largest absolute Gasteiger partial charge is 0.411 e. The second-order valence-electron chi connectivity index (χ2n) is 12.0. The van der Waals surface area contributed by atoms with Crippen molar-refractivity contribution >= 4 is 5.71 Å². The van der Waals surface area contributed by atoms with Crippen LogP contribution in [0.3, 0.4) is 0 Å². The molecule has 0 aliphatic heterocycles. The Labute approximate surface area is 185 Å². The number of fused-ring (bicyclic) bond motifs is 3. The third-order valence-corrected chi connectivity index (χ3v) is 9.95. The number of hydrogen-bond donors (Lipinski definition) is 3. The molecule has 4 nitrogen and oxygen atoms in total. The molecule has 8 atom stereocenters. The molecule has 0 saturated heterocycles. The van der Waals surface area contributed by atoms with Crippen molar-refractivity contribution in [1.82, 2.24) is 5.48 Å². The van der Waals surface area contributed by atoms with Crippen molar-refractivity contribution < 1.29 is 10.4 Å². The van der Waals surface area contributed by atoms with Gasteiger partial charge in [0.1, 0.15) is 0 Å². The zero-order valence-corrected chi connectivity index (χ0v) is 20.5. The van der Waals surface area contributed by atoms with Gasteiger partial charge in [0.25, 0.3) is 0 Å². The molecule has 30 heavy (non-hydrogen) atoms. The first-order valence-electron chi connectivity index (χ1n) is 12.8. The van der Waals surface area contributed by atoms with Gasteiger partial charge in [0.2, 0.25) is 0 Å². The average molecular weight is 421 g/mol. The van der Waals surface area contributed by atoms with Crippen molar-refractivity contribution in [2.75, 3.05) is 0 Å². The molecule has 3 rings (SSSR count).